The summed E-state index contributed by atoms with van der Waals surface area (Å²) < 4.78 is 0. The van der Waals surface area contributed by atoms with Gasteiger partial charge in [-0.3, -0.25) is 14.5 Å². The number of benzene rings is 1. The molecule has 0 spiro atoms. The van der Waals surface area contributed by atoms with Gasteiger partial charge in [0.25, 0.3) is 5.91 Å². The Bertz CT molecular complexity index is 696. The van der Waals surface area contributed by atoms with E-state index in [1.807, 2.05) is 56.0 Å². The Labute approximate surface area is 154 Å². The van der Waals surface area contributed by atoms with Crippen molar-refractivity contribution in [2.45, 2.75) is 64.1 Å². The van der Waals surface area contributed by atoms with Crippen molar-refractivity contribution in [1.29, 1.82) is 0 Å². The van der Waals surface area contributed by atoms with Crippen LogP contribution in [0, 0.1) is 0 Å². The summed E-state index contributed by atoms with van der Waals surface area (Å²) in [5, 5.41) is 2.83. The number of nitrogens with one attached hydrogen (secondary N) is 1. The van der Waals surface area contributed by atoms with Crippen LogP contribution >= 0.6 is 0 Å². The van der Waals surface area contributed by atoms with Gasteiger partial charge >= 0.3 is 6.03 Å². The molecule has 0 bridgehead atoms. The van der Waals surface area contributed by atoms with E-state index in [9.17, 15) is 14.4 Å². The van der Waals surface area contributed by atoms with Crippen molar-refractivity contribution in [1.82, 2.24) is 15.1 Å². The molecule has 2 aliphatic heterocycles. The Morgan fingerprint density at radius 2 is 1.77 bits per heavy atom. The summed E-state index contributed by atoms with van der Waals surface area (Å²) in [4.78, 5) is 41.4. The second-order valence-corrected chi connectivity index (χ2v) is 7.38. The van der Waals surface area contributed by atoms with Crippen LogP contribution in [-0.2, 0) is 15.1 Å². The Hall–Kier alpha value is -2.37. The first kappa shape index (κ1) is 18.4. The Morgan fingerprint density at radius 3 is 2.35 bits per heavy atom. The molecule has 3 rings (SSSR count). The van der Waals surface area contributed by atoms with Crippen molar-refractivity contribution < 1.29 is 14.4 Å². The minimum absolute atomic E-state index is 0.136. The molecule has 0 saturated carbocycles. The fourth-order valence-electron chi connectivity index (χ4n) is 4.26. The molecule has 0 aliphatic carbocycles. The number of nitrogens with zero attached hydrogens (tertiary/aromatic N) is 2. The van der Waals surface area contributed by atoms with Gasteiger partial charge in [-0.1, -0.05) is 37.3 Å². The molecule has 4 amide bonds. The number of piperidine rings is 1. The van der Waals surface area contributed by atoms with Crippen LogP contribution in [0.25, 0.3) is 0 Å². The van der Waals surface area contributed by atoms with Gasteiger partial charge in [-0.2, -0.15) is 0 Å². The second-order valence-electron chi connectivity index (χ2n) is 7.38. The maximum absolute atomic E-state index is 13.1. The molecular formula is C20H27N3O3. The number of imide groups is 1. The molecule has 140 valence electrons. The molecule has 6 heteroatoms. The van der Waals surface area contributed by atoms with Crippen molar-refractivity contribution in [3.05, 3.63) is 35.9 Å². The largest absolute Gasteiger partial charge is 0.336 e. The summed E-state index contributed by atoms with van der Waals surface area (Å²) in [7, 11) is 0. The van der Waals surface area contributed by atoms with Crippen LogP contribution in [0.4, 0.5) is 4.79 Å². The number of carbonyl (C=O) groups is 3. The number of amides is 4. The lowest BCUT2D eigenvalue weighted by atomic mass is 9.87. The topological polar surface area (TPSA) is 69.7 Å². The molecule has 1 N–H and O–H groups in total. The molecular weight excluding hydrogens is 330 g/mol. The van der Waals surface area contributed by atoms with Gasteiger partial charge in [0.2, 0.25) is 5.91 Å². The zero-order valence-corrected chi connectivity index (χ0v) is 15.7. The summed E-state index contributed by atoms with van der Waals surface area (Å²) in [6.07, 6.45) is 3.45. The van der Waals surface area contributed by atoms with Gasteiger partial charge in [0.15, 0.2) is 0 Å². The van der Waals surface area contributed by atoms with E-state index < -0.39 is 11.6 Å². The molecule has 3 atom stereocenters. The van der Waals surface area contributed by atoms with Crippen molar-refractivity contribution >= 4 is 17.8 Å². The standard InChI is InChI=1S/C20H27N3O3/c1-4-20(16-11-6-5-7-12-16)18(25)22(19(26)21-20)13-17(24)23-14(2)9-8-10-15(23)3/h5-7,11-12,14-15H,4,8-10,13H2,1-3H3,(H,21,26)/t14-,15-,20-/m1/s1. The fourth-order valence-corrected chi connectivity index (χ4v) is 4.26. The zero-order valence-electron chi connectivity index (χ0n) is 15.7. The second kappa shape index (κ2) is 7.09. The van der Waals surface area contributed by atoms with Crippen LogP contribution in [0.15, 0.2) is 30.3 Å². The van der Waals surface area contributed by atoms with Gasteiger partial charge < -0.3 is 10.2 Å². The van der Waals surface area contributed by atoms with E-state index in [0.29, 0.717) is 6.42 Å². The van der Waals surface area contributed by atoms with Gasteiger partial charge in [-0.25, -0.2) is 4.79 Å². The molecule has 26 heavy (non-hydrogen) atoms. The fraction of sp³-hybridized carbons (Fsp3) is 0.550. The Morgan fingerprint density at radius 1 is 1.15 bits per heavy atom. The molecule has 2 heterocycles. The first-order valence-corrected chi connectivity index (χ1v) is 9.41. The summed E-state index contributed by atoms with van der Waals surface area (Å²) in [6.45, 7) is 5.72. The van der Waals surface area contributed by atoms with Crippen LogP contribution in [0.2, 0.25) is 0 Å². The SMILES string of the molecule is CC[C@]1(c2ccccc2)NC(=O)N(CC(=O)N2[C@H](C)CCC[C@H]2C)C1=O. The van der Waals surface area contributed by atoms with E-state index in [0.717, 1.165) is 29.7 Å². The maximum Gasteiger partial charge on any atom is 0.325 e. The number of rotatable bonds is 4. The van der Waals surface area contributed by atoms with Crippen LogP contribution in [-0.4, -0.2) is 46.3 Å². The summed E-state index contributed by atoms with van der Waals surface area (Å²) in [5.41, 5.74) is -0.340. The first-order valence-electron chi connectivity index (χ1n) is 9.41. The maximum atomic E-state index is 13.1. The third kappa shape index (κ3) is 2.97. The van der Waals surface area contributed by atoms with Gasteiger partial charge in [-0.05, 0) is 45.1 Å². The summed E-state index contributed by atoms with van der Waals surface area (Å²) in [5.74, 6) is -0.505. The molecule has 1 aromatic carbocycles. The average Bonchev–Trinajstić information content (AvgIpc) is 2.87. The molecule has 6 nitrogen and oxygen atoms in total. The smallest absolute Gasteiger partial charge is 0.325 e. The highest BCUT2D eigenvalue weighted by molar-refractivity contribution is 6.09. The van der Waals surface area contributed by atoms with Crippen molar-refractivity contribution in [2.24, 2.45) is 0 Å². The highest BCUT2D eigenvalue weighted by Gasteiger charge is 2.52. The summed E-state index contributed by atoms with van der Waals surface area (Å²) >= 11 is 0. The minimum atomic E-state index is -1.09. The van der Waals surface area contributed by atoms with Crippen LogP contribution in [0.1, 0.15) is 52.0 Å². The summed E-state index contributed by atoms with van der Waals surface area (Å²) in [6, 6.07) is 9.01. The van der Waals surface area contributed by atoms with E-state index in [-0.39, 0.29) is 30.4 Å². The minimum Gasteiger partial charge on any atom is -0.336 e. The van der Waals surface area contributed by atoms with E-state index in [1.54, 1.807) is 0 Å². The van der Waals surface area contributed by atoms with Crippen LogP contribution < -0.4 is 5.32 Å². The van der Waals surface area contributed by atoms with Gasteiger partial charge in [0.1, 0.15) is 12.1 Å². The van der Waals surface area contributed by atoms with Crippen molar-refractivity contribution in [2.75, 3.05) is 6.54 Å². The van der Waals surface area contributed by atoms with Crippen molar-refractivity contribution in [3.63, 3.8) is 0 Å². The van der Waals surface area contributed by atoms with Crippen molar-refractivity contribution in [3.8, 4) is 0 Å². The first-order chi connectivity index (χ1) is 12.4. The van der Waals surface area contributed by atoms with Gasteiger partial charge in [0, 0.05) is 12.1 Å². The molecule has 2 fully saturated rings. The van der Waals surface area contributed by atoms with Crippen LogP contribution in [0.3, 0.4) is 0 Å². The number of hydrogen-bond donors (Lipinski definition) is 1. The molecule has 0 aromatic heterocycles. The van der Waals surface area contributed by atoms with E-state index in [2.05, 4.69) is 5.32 Å². The Balaban J connectivity index is 1.82. The molecule has 2 saturated heterocycles. The Kier molecular flexibility index (Phi) is 5.03. The number of likely N-dealkylation sites (tertiary alicyclic amines) is 1. The van der Waals surface area contributed by atoms with E-state index in [4.69, 9.17) is 0 Å². The van der Waals surface area contributed by atoms with E-state index in [1.165, 1.54) is 0 Å². The highest BCUT2D eigenvalue weighted by atomic mass is 16.2. The zero-order chi connectivity index (χ0) is 18.9. The van der Waals surface area contributed by atoms with Gasteiger partial charge in [-0.15, -0.1) is 0 Å². The van der Waals surface area contributed by atoms with Crippen LogP contribution in [0.5, 0.6) is 0 Å². The third-order valence-electron chi connectivity index (χ3n) is 5.75. The molecule has 0 radical (unpaired) electrons. The normalized spacial score (nSPS) is 29.0. The molecule has 2 aliphatic rings. The van der Waals surface area contributed by atoms with E-state index >= 15 is 0 Å². The quantitative estimate of drug-likeness (QED) is 0.842. The monoisotopic (exact) mass is 357 g/mol. The molecule has 1 aromatic rings. The lowest BCUT2D eigenvalue weighted by molar-refractivity contribution is -0.143. The lowest BCUT2D eigenvalue weighted by Crippen LogP contribution is -2.52. The lowest BCUT2D eigenvalue weighted by Gasteiger charge is -2.39. The highest BCUT2D eigenvalue weighted by Crippen LogP contribution is 2.32. The number of carbonyl (C=O) groups excluding carboxylic acids is 3. The van der Waals surface area contributed by atoms with Gasteiger partial charge in [0.05, 0.1) is 0 Å². The predicted molar refractivity (Wildman–Crippen MR) is 98.3 cm³/mol. The number of hydrogen-bond acceptors (Lipinski definition) is 3. The predicted octanol–water partition coefficient (Wildman–Crippen LogP) is 2.63. The average molecular weight is 357 g/mol. The number of urea groups is 1. The third-order valence-corrected chi connectivity index (χ3v) is 5.75. The molecule has 0 unspecified atom stereocenters.